The van der Waals surface area contributed by atoms with Crippen LogP contribution in [0.3, 0.4) is 0 Å². The molecule has 28 heavy (non-hydrogen) atoms. The molecule has 2 aromatic carbocycles. The lowest BCUT2D eigenvalue weighted by Crippen LogP contribution is -2.28. The maximum Gasteiger partial charge on any atom is 0.241 e. The monoisotopic (exact) mass is 379 g/mol. The van der Waals surface area contributed by atoms with E-state index in [1.807, 2.05) is 22.9 Å². The summed E-state index contributed by atoms with van der Waals surface area (Å²) in [6, 6.07) is 14.8. The summed E-state index contributed by atoms with van der Waals surface area (Å²) in [6.07, 6.45) is 1.84. The van der Waals surface area contributed by atoms with Gasteiger partial charge in [0.05, 0.1) is 26.3 Å². The number of nitrogens with two attached hydrogens (primary N) is 1. The van der Waals surface area contributed by atoms with Gasteiger partial charge in [-0.25, -0.2) is 4.68 Å². The smallest absolute Gasteiger partial charge is 0.241 e. The number of nitrogens with zero attached hydrogens (tertiary/aromatic N) is 3. The van der Waals surface area contributed by atoms with Crippen molar-refractivity contribution in [2.24, 2.45) is 0 Å². The minimum absolute atomic E-state index is 0.0169. The number of methoxy groups -OCH3 is 2. The van der Waals surface area contributed by atoms with E-state index in [0.717, 1.165) is 18.4 Å². The van der Waals surface area contributed by atoms with E-state index in [4.69, 9.17) is 15.2 Å². The molecule has 0 bridgehead atoms. The van der Waals surface area contributed by atoms with Crippen molar-refractivity contribution < 1.29 is 9.47 Å². The number of ether oxygens (including phenoxy) is 2. The van der Waals surface area contributed by atoms with Crippen molar-refractivity contribution in [3.63, 3.8) is 0 Å². The van der Waals surface area contributed by atoms with Gasteiger partial charge in [0.1, 0.15) is 0 Å². The second-order valence-electron chi connectivity index (χ2n) is 6.90. The summed E-state index contributed by atoms with van der Waals surface area (Å²) >= 11 is 0. The van der Waals surface area contributed by atoms with Gasteiger partial charge < -0.3 is 20.5 Å². The number of hydrogen-bond acceptors (Lipinski definition) is 6. The first-order valence-corrected chi connectivity index (χ1v) is 9.42. The number of anilines is 2. The molecule has 3 N–H and O–H groups in total. The second kappa shape index (κ2) is 7.42. The molecule has 0 unspecified atom stereocenters. The van der Waals surface area contributed by atoms with E-state index in [2.05, 4.69) is 46.6 Å². The van der Waals surface area contributed by atoms with Crippen molar-refractivity contribution in [1.29, 1.82) is 0 Å². The molecule has 7 heteroatoms. The van der Waals surface area contributed by atoms with E-state index in [9.17, 15) is 0 Å². The summed E-state index contributed by atoms with van der Waals surface area (Å²) < 4.78 is 12.7. The van der Waals surface area contributed by atoms with Crippen LogP contribution < -0.4 is 20.5 Å². The predicted octanol–water partition coefficient (Wildman–Crippen LogP) is 3.59. The van der Waals surface area contributed by atoms with E-state index in [-0.39, 0.29) is 18.0 Å². The van der Waals surface area contributed by atoms with Crippen LogP contribution in [0.25, 0.3) is 0 Å². The maximum atomic E-state index is 5.89. The number of nitrogens with one attached hydrogen (secondary N) is 1. The third-order valence-electron chi connectivity index (χ3n) is 5.29. The van der Waals surface area contributed by atoms with Crippen LogP contribution in [0.5, 0.6) is 11.5 Å². The first kappa shape index (κ1) is 18.2. The van der Waals surface area contributed by atoms with Gasteiger partial charge in [0.15, 0.2) is 11.5 Å². The molecule has 4 rings (SSSR count). The van der Waals surface area contributed by atoms with Crippen molar-refractivity contribution in [2.75, 3.05) is 25.3 Å². The highest BCUT2D eigenvalue weighted by molar-refractivity contribution is 5.47. The molecule has 146 valence electrons. The van der Waals surface area contributed by atoms with Crippen LogP contribution >= 0.6 is 0 Å². The topological polar surface area (TPSA) is 87.2 Å². The Labute approximate surface area is 164 Å². The lowest BCUT2D eigenvalue weighted by Gasteiger charge is -2.32. The highest BCUT2D eigenvalue weighted by Crippen LogP contribution is 2.40. The number of aryl methyl sites for hydroxylation is 1. The van der Waals surface area contributed by atoms with Gasteiger partial charge in [-0.2, -0.15) is 4.98 Å². The first-order valence-electron chi connectivity index (χ1n) is 9.42. The van der Waals surface area contributed by atoms with Gasteiger partial charge in [-0.3, -0.25) is 0 Å². The first-order chi connectivity index (χ1) is 13.6. The van der Waals surface area contributed by atoms with Gasteiger partial charge in [0.2, 0.25) is 11.9 Å². The highest BCUT2D eigenvalue weighted by Gasteiger charge is 2.31. The Hall–Kier alpha value is -3.22. The lowest BCUT2D eigenvalue weighted by atomic mass is 9.92. The number of aromatic nitrogens is 3. The van der Waals surface area contributed by atoms with Crippen LogP contribution in [0.1, 0.15) is 42.1 Å². The molecule has 0 saturated carbocycles. The largest absolute Gasteiger partial charge is 0.493 e. The summed E-state index contributed by atoms with van der Waals surface area (Å²) in [5.41, 5.74) is 9.51. The zero-order chi connectivity index (χ0) is 19.7. The Kier molecular flexibility index (Phi) is 4.81. The molecule has 0 amide bonds. The molecule has 7 nitrogen and oxygen atoms in total. The van der Waals surface area contributed by atoms with Crippen LogP contribution in [-0.4, -0.2) is 29.0 Å². The molecular weight excluding hydrogens is 354 g/mol. The van der Waals surface area contributed by atoms with Gasteiger partial charge in [-0.15, -0.1) is 5.10 Å². The van der Waals surface area contributed by atoms with Gasteiger partial charge >= 0.3 is 0 Å². The Morgan fingerprint density at radius 2 is 1.79 bits per heavy atom. The second-order valence-corrected chi connectivity index (χ2v) is 6.90. The molecule has 1 aliphatic heterocycles. The van der Waals surface area contributed by atoms with Crippen molar-refractivity contribution in [1.82, 2.24) is 14.8 Å². The van der Waals surface area contributed by atoms with Crippen molar-refractivity contribution in [2.45, 2.75) is 31.8 Å². The van der Waals surface area contributed by atoms with E-state index in [1.165, 1.54) is 11.1 Å². The fraction of sp³-hybridized carbons (Fsp3) is 0.333. The quantitative estimate of drug-likeness (QED) is 0.704. The van der Waals surface area contributed by atoms with Gasteiger partial charge in [-0.1, -0.05) is 37.3 Å². The zero-order valence-corrected chi connectivity index (χ0v) is 16.3. The number of nitrogen functional groups attached to an aromatic ring is 1. The fourth-order valence-electron chi connectivity index (χ4n) is 3.74. The zero-order valence-electron chi connectivity index (χ0n) is 16.3. The third-order valence-corrected chi connectivity index (χ3v) is 5.29. The standard InChI is InChI=1S/C21H25N5O2/c1-4-13-5-7-14(8-6-13)16-12-17(26-21(23-16)24-20(22)25-26)15-9-10-18(27-2)19(11-15)28-3/h5-11,16-17H,4,12H2,1-3H3,(H3,22,23,24,25)/t16-,17-/m1/s1. The van der Waals surface area contributed by atoms with Crippen molar-refractivity contribution >= 4 is 11.9 Å². The fourth-order valence-corrected chi connectivity index (χ4v) is 3.74. The van der Waals surface area contributed by atoms with Gasteiger partial charge in [0, 0.05) is 0 Å². The molecule has 0 saturated heterocycles. The Balaban J connectivity index is 1.73. The number of benzene rings is 2. The van der Waals surface area contributed by atoms with Crippen molar-refractivity contribution in [3.05, 3.63) is 59.2 Å². The summed E-state index contributed by atoms with van der Waals surface area (Å²) in [5.74, 6) is 2.32. The predicted molar refractivity (Wildman–Crippen MR) is 109 cm³/mol. The molecule has 2 heterocycles. The summed E-state index contributed by atoms with van der Waals surface area (Å²) in [5, 5.41) is 7.89. The SMILES string of the molecule is CCc1ccc([C@H]2C[C@H](c3ccc(OC)c(OC)c3)n3nc(N)nc3N2)cc1. The minimum Gasteiger partial charge on any atom is -0.493 e. The van der Waals surface area contributed by atoms with Gasteiger partial charge in [-0.05, 0) is 41.7 Å². The van der Waals surface area contributed by atoms with E-state index in [1.54, 1.807) is 14.2 Å². The number of rotatable bonds is 5. The molecule has 3 aromatic rings. The van der Waals surface area contributed by atoms with Crippen LogP contribution in [-0.2, 0) is 6.42 Å². The molecule has 0 fully saturated rings. The summed E-state index contributed by atoms with van der Waals surface area (Å²) in [7, 11) is 3.27. The molecule has 2 atom stereocenters. The van der Waals surface area contributed by atoms with Crippen LogP contribution in [0.2, 0.25) is 0 Å². The number of fused-ring (bicyclic) bond motifs is 1. The highest BCUT2D eigenvalue weighted by atomic mass is 16.5. The van der Waals surface area contributed by atoms with Gasteiger partial charge in [0.25, 0.3) is 0 Å². The normalized spacial score (nSPS) is 18.2. The Bertz CT molecular complexity index is 967. The van der Waals surface area contributed by atoms with E-state index in [0.29, 0.717) is 17.4 Å². The molecule has 0 spiro atoms. The third kappa shape index (κ3) is 3.24. The molecule has 1 aromatic heterocycles. The molecule has 0 aliphatic carbocycles. The van der Waals surface area contributed by atoms with E-state index < -0.39 is 0 Å². The summed E-state index contributed by atoms with van der Waals surface area (Å²) in [6.45, 7) is 2.16. The Morgan fingerprint density at radius 3 is 2.46 bits per heavy atom. The average molecular weight is 379 g/mol. The van der Waals surface area contributed by atoms with Crippen LogP contribution in [0, 0.1) is 0 Å². The molecule has 0 radical (unpaired) electrons. The van der Waals surface area contributed by atoms with E-state index >= 15 is 0 Å². The van der Waals surface area contributed by atoms with Crippen LogP contribution in [0.4, 0.5) is 11.9 Å². The lowest BCUT2D eigenvalue weighted by molar-refractivity contribution is 0.352. The average Bonchev–Trinajstić information content (AvgIpc) is 3.12. The summed E-state index contributed by atoms with van der Waals surface area (Å²) in [4.78, 5) is 4.38. The van der Waals surface area contributed by atoms with Crippen LogP contribution in [0.15, 0.2) is 42.5 Å². The minimum atomic E-state index is -0.0169. The van der Waals surface area contributed by atoms with Crippen molar-refractivity contribution in [3.8, 4) is 11.5 Å². The maximum absolute atomic E-state index is 5.89. The molecular formula is C21H25N5O2. The number of hydrogen-bond donors (Lipinski definition) is 2. The Morgan fingerprint density at radius 1 is 1.07 bits per heavy atom. The molecule has 1 aliphatic rings.